The van der Waals surface area contributed by atoms with Crippen LogP contribution in [0.2, 0.25) is 0 Å². The molecular formula is C19H27NO3. The smallest absolute Gasteiger partial charge is 0.310 e. The van der Waals surface area contributed by atoms with Crippen LogP contribution >= 0.6 is 0 Å². The highest BCUT2D eigenvalue weighted by atomic mass is 16.6. The summed E-state index contributed by atoms with van der Waals surface area (Å²) in [6.45, 7) is 9.77. The highest BCUT2D eigenvalue weighted by Crippen LogP contribution is 2.63. The van der Waals surface area contributed by atoms with Crippen molar-refractivity contribution >= 4 is 5.97 Å². The number of nitrogens with zero attached hydrogens (tertiary/aromatic N) is 1. The van der Waals surface area contributed by atoms with Gasteiger partial charge in [0.1, 0.15) is 6.10 Å². The van der Waals surface area contributed by atoms with Gasteiger partial charge in [-0.3, -0.25) is 4.79 Å². The molecule has 0 N–H and O–H groups in total. The SMILES string of the molecule is C=C1CC[C@@H]2[C@H](OC(=O)[C@H]2CN2CCCC2)[C@@H]2[C@H]1C[C@@H]1O[C@@]21C. The standard InChI is InChI=1S/C19H27NO3/c1-11-5-6-12-14(10-20-7-3-4-8-20)18(21)22-17(12)16-13(11)9-15-19(16,2)23-15/h12-17H,1,3-10H2,2H3/t12-,13-,14-,15-,16-,17-,19+/m0/s1. The number of hydrogen-bond donors (Lipinski definition) is 0. The molecule has 2 aliphatic carbocycles. The summed E-state index contributed by atoms with van der Waals surface area (Å²) in [6.07, 6.45) is 6.15. The molecule has 2 saturated carbocycles. The fourth-order valence-electron chi connectivity index (χ4n) is 6.01. The number of fused-ring (bicyclic) bond motifs is 5. The summed E-state index contributed by atoms with van der Waals surface area (Å²) in [5.41, 5.74) is 1.31. The van der Waals surface area contributed by atoms with E-state index in [1.165, 1.54) is 18.4 Å². The number of carbonyl (C=O) groups excluding carboxylic acids is 1. The maximum absolute atomic E-state index is 12.6. The summed E-state index contributed by atoms with van der Waals surface area (Å²) in [7, 11) is 0. The van der Waals surface area contributed by atoms with Crippen LogP contribution in [0.3, 0.4) is 0 Å². The Kier molecular flexibility index (Phi) is 3.04. The minimum atomic E-state index is -0.0658. The number of esters is 1. The minimum Gasteiger partial charge on any atom is -0.461 e. The normalized spacial score (nSPS) is 51.9. The van der Waals surface area contributed by atoms with E-state index in [0.717, 1.165) is 38.9 Å². The number of epoxide rings is 1. The fourth-order valence-corrected chi connectivity index (χ4v) is 6.01. The van der Waals surface area contributed by atoms with Gasteiger partial charge >= 0.3 is 5.97 Å². The van der Waals surface area contributed by atoms with Gasteiger partial charge in [0.15, 0.2) is 0 Å². The number of allylic oxidation sites excluding steroid dienone is 1. The lowest BCUT2D eigenvalue weighted by molar-refractivity contribution is -0.147. The molecule has 0 unspecified atom stereocenters. The Morgan fingerprint density at radius 2 is 2.13 bits per heavy atom. The first-order valence-corrected chi connectivity index (χ1v) is 9.36. The molecule has 0 aromatic rings. The Bertz CT molecular complexity index is 555. The molecule has 0 spiro atoms. The number of likely N-dealkylation sites (tertiary alicyclic amines) is 1. The van der Waals surface area contributed by atoms with E-state index in [1.54, 1.807) is 0 Å². The Labute approximate surface area is 138 Å². The maximum atomic E-state index is 12.6. The first-order valence-electron chi connectivity index (χ1n) is 9.36. The largest absolute Gasteiger partial charge is 0.461 e. The number of carbonyl (C=O) groups is 1. The van der Waals surface area contributed by atoms with Crippen molar-refractivity contribution in [1.82, 2.24) is 4.90 Å². The third-order valence-electron chi connectivity index (χ3n) is 7.37. The molecule has 0 aromatic carbocycles. The molecule has 0 radical (unpaired) electrons. The van der Waals surface area contributed by atoms with E-state index in [2.05, 4.69) is 18.4 Å². The second kappa shape index (κ2) is 4.82. The molecular weight excluding hydrogens is 290 g/mol. The predicted octanol–water partition coefficient (Wildman–Crippen LogP) is 2.38. The van der Waals surface area contributed by atoms with Crippen LogP contribution in [-0.2, 0) is 14.3 Å². The van der Waals surface area contributed by atoms with Crippen LogP contribution < -0.4 is 0 Å². The van der Waals surface area contributed by atoms with E-state index in [4.69, 9.17) is 9.47 Å². The third-order valence-corrected chi connectivity index (χ3v) is 7.37. The molecule has 0 bridgehead atoms. The van der Waals surface area contributed by atoms with E-state index < -0.39 is 0 Å². The molecule has 126 valence electrons. The van der Waals surface area contributed by atoms with Gasteiger partial charge < -0.3 is 14.4 Å². The van der Waals surface area contributed by atoms with E-state index in [-0.39, 0.29) is 23.6 Å². The van der Waals surface area contributed by atoms with E-state index in [9.17, 15) is 4.79 Å². The predicted molar refractivity (Wildman–Crippen MR) is 85.8 cm³/mol. The number of ether oxygens (including phenoxy) is 2. The van der Waals surface area contributed by atoms with Crippen molar-refractivity contribution in [3.05, 3.63) is 12.2 Å². The van der Waals surface area contributed by atoms with Crippen molar-refractivity contribution in [2.75, 3.05) is 19.6 Å². The van der Waals surface area contributed by atoms with Crippen molar-refractivity contribution in [2.45, 2.75) is 56.8 Å². The number of rotatable bonds is 2. The second-order valence-corrected chi connectivity index (χ2v) is 8.53. The van der Waals surface area contributed by atoms with Crippen molar-refractivity contribution in [1.29, 1.82) is 0 Å². The summed E-state index contributed by atoms with van der Waals surface area (Å²) in [5, 5.41) is 0. The lowest BCUT2D eigenvalue weighted by Gasteiger charge is -2.31. The Morgan fingerprint density at radius 3 is 2.91 bits per heavy atom. The van der Waals surface area contributed by atoms with Crippen LogP contribution in [0.5, 0.6) is 0 Å². The van der Waals surface area contributed by atoms with Crippen molar-refractivity contribution in [3.8, 4) is 0 Å². The Balaban J connectivity index is 1.43. The summed E-state index contributed by atoms with van der Waals surface area (Å²) >= 11 is 0. The maximum Gasteiger partial charge on any atom is 0.310 e. The summed E-state index contributed by atoms with van der Waals surface area (Å²) in [5.74, 6) is 1.29. The molecule has 3 saturated heterocycles. The molecule has 5 rings (SSSR count). The molecule has 7 atom stereocenters. The topological polar surface area (TPSA) is 42.1 Å². The third kappa shape index (κ3) is 2.00. The van der Waals surface area contributed by atoms with Crippen LogP contribution in [0.15, 0.2) is 12.2 Å². The zero-order valence-electron chi connectivity index (χ0n) is 14.0. The molecule has 3 aliphatic heterocycles. The van der Waals surface area contributed by atoms with Gasteiger partial charge in [0.25, 0.3) is 0 Å². The molecule has 5 fully saturated rings. The van der Waals surface area contributed by atoms with Gasteiger partial charge in [0, 0.05) is 18.4 Å². The van der Waals surface area contributed by atoms with Crippen LogP contribution in [0.25, 0.3) is 0 Å². The van der Waals surface area contributed by atoms with Crippen LogP contribution in [0.1, 0.15) is 39.0 Å². The Hall–Kier alpha value is -0.870. The highest BCUT2D eigenvalue weighted by Gasteiger charge is 2.71. The number of hydrogen-bond acceptors (Lipinski definition) is 4. The van der Waals surface area contributed by atoms with Gasteiger partial charge in [-0.25, -0.2) is 0 Å². The van der Waals surface area contributed by atoms with Gasteiger partial charge in [-0.15, -0.1) is 0 Å². The average molecular weight is 317 g/mol. The van der Waals surface area contributed by atoms with E-state index in [0.29, 0.717) is 23.9 Å². The quantitative estimate of drug-likeness (QED) is 0.445. The van der Waals surface area contributed by atoms with Crippen molar-refractivity contribution < 1.29 is 14.3 Å². The minimum absolute atomic E-state index is 0.0471. The lowest BCUT2D eigenvalue weighted by atomic mass is 9.77. The van der Waals surface area contributed by atoms with Gasteiger partial charge in [0.05, 0.1) is 17.6 Å². The fraction of sp³-hybridized carbons (Fsp3) is 0.842. The van der Waals surface area contributed by atoms with E-state index >= 15 is 0 Å². The lowest BCUT2D eigenvalue weighted by Crippen LogP contribution is -2.39. The molecule has 0 aromatic heterocycles. The average Bonchev–Trinajstić information content (AvgIpc) is 2.86. The van der Waals surface area contributed by atoms with Crippen LogP contribution in [0, 0.1) is 23.7 Å². The van der Waals surface area contributed by atoms with Gasteiger partial charge in [-0.1, -0.05) is 12.2 Å². The van der Waals surface area contributed by atoms with Gasteiger partial charge in [-0.05, 0) is 58.0 Å². The molecule has 0 amide bonds. The van der Waals surface area contributed by atoms with Crippen molar-refractivity contribution in [3.63, 3.8) is 0 Å². The Morgan fingerprint density at radius 1 is 1.35 bits per heavy atom. The van der Waals surface area contributed by atoms with Crippen molar-refractivity contribution in [2.24, 2.45) is 23.7 Å². The summed E-state index contributed by atoms with van der Waals surface area (Å²) in [6, 6.07) is 0. The zero-order chi connectivity index (χ0) is 15.8. The van der Waals surface area contributed by atoms with Crippen LogP contribution in [0.4, 0.5) is 0 Å². The zero-order valence-corrected chi connectivity index (χ0v) is 14.0. The monoisotopic (exact) mass is 317 g/mol. The molecule has 23 heavy (non-hydrogen) atoms. The molecule has 3 heterocycles. The summed E-state index contributed by atoms with van der Waals surface area (Å²) < 4.78 is 12.0. The first kappa shape index (κ1) is 14.5. The summed E-state index contributed by atoms with van der Waals surface area (Å²) in [4.78, 5) is 15.1. The molecule has 4 heteroatoms. The van der Waals surface area contributed by atoms with E-state index in [1.807, 2.05) is 0 Å². The first-order chi connectivity index (χ1) is 11.1. The van der Waals surface area contributed by atoms with Crippen LogP contribution in [-0.4, -0.2) is 48.3 Å². The second-order valence-electron chi connectivity index (χ2n) is 8.53. The van der Waals surface area contributed by atoms with Gasteiger partial charge in [-0.2, -0.15) is 0 Å². The highest BCUT2D eigenvalue weighted by molar-refractivity contribution is 5.75. The van der Waals surface area contributed by atoms with Gasteiger partial charge in [0.2, 0.25) is 0 Å². The molecule has 4 nitrogen and oxygen atoms in total. The molecule has 5 aliphatic rings.